The van der Waals surface area contributed by atoms with Crippen molar-refractivity contribution in [1.29, 1.82) is 0 Å². The molecule has 0 bridgehead atoms. The molecule has 0 aliphatic carbocycles. The maximum absolute atomic E-state index is 12.2. The normalized spacial score (nSPS) is 11.6. The zero-order chi connectivity index (χ0) is 16.4. The van der Waals surface area contributed by atoms with Crippen molar-refractivity contribution in [3.05, 3.63) is 71.5 Å². The molecule has 1 amide bonds. The molecule has 0 saturated heterocycles. The Morgan fingerprint density at radius 3 is 2.39 bits per heavy atom. The number of carbonyl (C=O) groups is 1. The molecule has 3 nitrogen and oxygen atoms in total. The van der Waals surface area contributed by atoms with Crippen molar-refractivity contribution in [3.63, 3.8) is 0 Å². The average molecular weight is 307 g/mol. The van der Waals surface area contributed by atoms with E-state index in [2.05, 4.69) is 26.1 Å². The van der Waals surface area contributed by atoms with E-state index in [-0.39, 0.29) is 11.3 Å². The highest BCUT2D eigenvalue weighted by atomic mass is 16.3. The molecular formula is C20H21NO2. The predicted molar refractivity (Wildman–Crippen MR) is 92.5 cm³/mol. The molecule has 0 aliphatic heterocycles. The van der Waals surface area contributed by atoms with Crippen LogP contribution in [0.3, 0.4) is 0 Å². The highest BCUT2D eigenvalue weighted by Gasteiger charge is 2.14. The molecule has 0 fully saturated rings. The Labute approximate surface area is 136 Å². The lowest BCUT2D eigenvalue weighted by Gasteiger charge is -2.19. The molecule has 0 aliphatic rings. The van der Waals surface area contributed by atoms with Gasteiger partial charge in [-0.2, -0.15) is 0 Å². The first-order valence-electron chi connectivity index (χ1n) is 7.80. The molecule has 2 aromatic carbocycles. The van der Waals surface area contributed by atoms with E-state index >= 15 is 0 Å². The van der Waals surface area contributed by atoms with Crippen LogP contribution < -0.4 is 5.32 Å². The van der Waals surface area contributed by atoms with Crippen molar-refractivity contribution < 1.29 is 9.21 Å². The van der Waals surface area contributed by atoms with Crippen molar-refractivity contribution in [3.8, 4) is 0 Å². The molecule has 0 unspecified atom stereocenters. The van der Waals surface area contributed by atoms with Gasteiger partial charge < -0.3 is 9.73 Å². The molecular weight excluding hydrogens is 286 g/mol. The minimum atomic E-state index is -0.0917. The second-order valence-corrected chi connectivity index (χ2v) is 6.76. The van der Waals surface area contributed by atoms with Gasteiger partial charge in [0, 0.05) is 10.9 Å². The van der Waals surface area contributed by atoms with E-state index in [9.17, 15) is 4.79 Å². The Bertz CT molecular complexity index is 790. The van der Waals surface area contributed by atoms with Crippen LogP contribution in [0.1, 0.15) is 42.5 Å². The molecule has 1 N–H and O–H groups in total. The number of amides is 1. The van der Waals surface area contributed by atoms with Gasteiger partial charge in [-0.15, -0.1) is 0 Å². The number of para-hydroxylation sites is 1. The zero-order valence-electron chi connectivity index (χ0n) is 13.7. The van der Waals surface area contributed by atoms with Gasteiger partial charge in [0.2, 0.25) is 0 Å². The fraction of sp³-hybridized carbons (Fsp3) is 0.250. The van der Waals surface area contributed by atoms with Gasteiger partial charge in [-0.25, -0.2) is 0 Å². The average Bonchev–Trinajstić information content (AvgIpc) is 2.95. The highest BCUT2D eigenvalue weighted by molar-refractivity contribution is 5.94. The standard InChI is InChI=1S/C20H21NO2/c1-20(2,3)16-10-8-14(9-11-16)19(22)21-13-17-12-15-6-4-5-7-18(15)23-17/h4-12H,13H2,1-3H3,(H,21,22). The lowest BCUT2D eigenvalue weighted by molar-refractivity contribution is 0.0948. The molecule has 0 radical (unpaired) electrons. The van der Waals surface area contributed by atoms with E-state index in [4.69, 9.17) is 4.42 Å². The number of benzene rings is 2. The number of fused-ring (bicyclic) bond motifs is 1. The maximum atomic E-state index is 12.2. The Morgan fingerprint density at radius 1 is 1.04 bits per heavy atom. The summed E-state index contributed by atoms with van der Waals surface area (Å²) in [5, 5.41) is 3.95. The number of furan rings is 1. The molecule has 0 spiro atoms. The van der Waals surface area contributed by atoms with E-state index in [0.717, 1.165) is 16.7 Å². The molecule has 3 rings (SSSR count). The summed E-state index contributed by atoms with van der Waals surface area (Å²) in [4.78, 5) is 12.2. The quantitative estimate of drug-likeness (QED) is 0.764. The van der Waals surface area contributed by atoms with Crippen LogP contribution in [-0.2, 0) is 12.0 Å². The lowest BCUT2D eigenvalue weighted by atomic mass is 9.87. The summed E-state index contributed by atoms with van der Waals surface area (Å²) in [6.45, 7) is 6.85. The first-order chi connectivity index (χ1) is 10.9. The molecule has 3 heteroatoms. The van der Waals surface area contributed by atoms with E-state index in [1.807, 2.05) is 54.6 Å². The molecule has 3 aromatic rings. The van der Waals surface area contributed by atoms with E-state index in [1.165, 1.54) is 5.56 Å². The topological polar surface area (TPSA) is 42.2 Å². The van der Waals surface area contributed by atoms with E-state index in [0.29, 0.717) is 12.1 Å². The van der Waals surface area contributed by atoms with Crippen molar-refractivity contribution in [2.45, 2.75) is 32.7 Å². The van der Waals surface area contributed by atoms with Gasteiger partial charge in [-0.05, 0) is 35.2 Å². The molecule has 118 valence electrons. The third-order valence-electron chi connectivity index (χ3n) is 3.91. The fourth-order valence-corrected chi connectivity index (χ4v) is 2.52. The van der Waals surface area contributed by atoms with Crippen LogP contribution in [0.4, 0.5) is 0 Å². The maximum Gasteiger partial charge on any atom is 0.251 e. The van der Waals surface area contributed by atoms with Crippen LogP contribution in [0.15, 0.2) is 59.0 Å². The second-order valence-electron chi connectivity index (χ2n) is 6.76. The number of hydrogen-bond acceptors (Lipinski definition) is 2. The number of nitrogens with one attached hydrogen (secondary N) is 1. The van der Waals surface area contributed by atoms with Crippen LogP contribution in [0.5, 0.6) is 0 Å². The fourth-order valence-electron chi connectivity index (χ4n) is 2.52. The first kappa shape index (κ1) is 15.3. The Hall–Kier alpha value is -2.55. The summed E-state index contributed by atoms with van der Waals surface area (Å²) in [5.74, 6) is 0.664. The largest absolute Gasteiger partial charge is 0.459 e. The summed E-state index contributed by atoms with van der Waals surface area (Å²) < 4.78 is 5.70. The smallest absolute Gasteiger partial charge is 0.251 e. The van der Waals surface area contributed by atoms with Crippen LogP contribution in [0.2, 0.25) is 0 Å². The second kappa shape index (κ2) is 5.92. The summed E-state index contributed by atoms with van der Waals surface area (Å²) in [6, 6.07) is 17.5. The van der Waals surface area contributed by atoms with Crippen LogP contribution in [0, 0.1) is 0 Å². The van der Waals surface area contributed by atoms with Crippen molar-refractivity contribution >= 4 is 16.9 Å². The Kier molecular flexibility index (Phi) is 3.95. The lowest BCUT2D eigenvalue weighted by Crippen LogP contribution is -2.22. The van der Waals surface area contributed by atoms with Crippen LogP contribution in [0.25, 0.3) is 11.0 Å². The zero-order valence-corrected chi connectivity index (χ0v) is 13.7. The SMILES string of the molecule is CC(C)(C)c1ccc(C(=O)NCc2cc3ccccc3o2)cc1. The van der Waals surface area contributed by atoms with Gasteiger partial charge in [0.05, 0.1) is 6.54 Å². The van der Waals surface area contributed by atoms with Gasteiger partial charge in [0.25, 0.3) is 5.91 Å². The van der Waals surface area contributed by atoms with Gasteiger partial charge >= 0.3 is 0 Å². The van der Waals surface area contributed by atoms with E-state index < -0.39 is 0 Å². The molecule has 1 aromatic heterocycles. The van der Waals surface area contributed by atoms with E-state index in [1.54, 1.807) is 0 Å². The van der Waals surface area contributed by atoms with Crippen LogP contribution in [-0.4, -0.2) is 5.91 Å². The molecule has 23 heavy (non-hydrogen) atoms. The number of rotatable bonds is 3. The minimum absolute atomic E-state index is 0.0866. The first-order valence-corrected chi connectivity index (χ1v) is 7.80. The monoisotopic (exact) mass is 307 g/mol. The summed E-state index contributed by atoms with van der Waals surface area (Å²) in [5.41, 5.74) is 2.80. The third-order valence-corrected chi connectivity index (χ3v) is 3.91. The van der Waals surface area contributed by atoms with Crippen molar-refractivity contribution in [2.75, 3.05) is 0 Å². The van der Waals surface area contributed by atoms with Gasteiger partial charge in [-0.1, -0.05) is 51.1 Å². The van der Waals surface area contributed by atoms with Gasteiger partial charge in [0.1, 0.15) is 11.3 Å². The van der Waals surface area contributed by atoms with Crippen LogP contribution >= 0.6 is 0 Å². The summed E-state index contributed by atoms with van der Waals surface area (Å²) >= 11 is 0. The Balaban J connectivity index is 1.67. The molecule has 1 heterocycles. The number of hydrogen-bond donors (Lipinski definition) is 1. The summed E-state index contributed by atoms with van der Waals surface area (Å²) in [6.07, 6.45) is 0. The van der Waals surface area contributed by atoms with Gasteiger partial charge in [-0.3, -0.25) is 4.79 Å². The molecule has 0 atom stereocenters. The van der Waals surface area contributed by atoms with Crippen molar-refractivity contribution in [1.82, 2.24) is 5.32 Å². The highest BCUT2D eigenvalue weighted by Crippen LogP contribution is 2.22. The summed E-state index contributed by atoms with van der Waals surface area (Å²) in [7, 11) is 0. The van der Waals surface area contributed by atoms with Crippen molar-refractivity contribution in [2.24, 2.45) is 0 Å². The Morgan fingerprint density at radius 2 is 1.74 bits per heavy atom. The minimum Gasteiger partial charge on any atom is -0.459 e. The third kappa shape index (κ3) is 3.45. The molecule has 0 saturated carbocycles. The number of carbonyl (C=O) groups excluding carboxylic acids is 1. The predicted octanol–water partition coefficient (Wildman–Crippen LogP) is 4.66. The van der Waals surface area contributed by atoms with Gasteiger partial charge in [0.15, 0.2) is 0 Å².